The molecular weight excluding hydrogens is 394 g/mol. The third kappa shape index (κ3) is 4.07. The molecule has 3 fully saturated rings. The van der Waals surface area contributed by atoms with Gasteiger partial charge in [-0.15, -0.1) is 0 Å². The number of piperazine rings is 1. The van der Waals surface area contributed by atoms with Crippen molar-refractivity contribution in [2.45, 2.75) is 45.1 Å². The second kappa shape index (κ2) is 8.61. The van der Waals surface area contributed by atoms with E-state index in [-0.39, 0.29) is 42.5 Å². The van der Waals surface area contributed by atoms with Crippen LogP contribution in [0.1, 0.15) is 43.2 Å². The van der Waals surface area contributed by atoms with Gasteiger partial charge in [-0.25, -0.2) is 0 Å². The lowest BCUT2D eigenvalue weighted by atomic mass is 9.81. The smallest absolute Gasteiger partial charge is 0.233 e. The molecule has 31 heavy (non-hydrogen) atoms. The third-order valence-electron chi connectivity index (χ3n) is 7.37. The van der Waals surface area contributed by atoms with Gasteiger partial charge in [0.05, 0.1) is 18.4 Å². The summed E-state index contributed by atoms with van der Waals surface area (Å²) < 4.78 is 5.58. The Kier molecular flexibility index (Phi) is 5.69. The van der Waals surface area contributed by atoms with E-state index in [1.165, 1.54) is 16.0 Å². The highest BCUT2D eigenvalue weighted by molar-refractivity contribution is 6.05. The predicted octanol–water partition coefficient (Wildman–Crippen LogP) is 1.83. The maximum atomic E-state index is 12.7. The number of nitrogens with zero attached hydrogens (tertiary/aromatic N) is 3. The van der Waals surface area contributed by atoms with Crippen molar-refractivity contribution >= 4 is 17.7 Å². The molecule has 1 aromatic rings. The molecule has 7 heteroatoms. The zero-order chi connectivity index (χ0) is 21.4. The zero-order valence-electron chi connectivity index (χ0n) is 18.1. The van der Waals surface area contributed by atoms with E-state index in [9.17, 15) is 14.4 Å². The lowest BCUT2D eigenvalue weighted by Gasteiger charge is -2.35. The molecule has 0 spiro atoms. The Morgan fingerprint density at radius 1 is 1.00 bits per heavy atom. The quantitative estimate of drug-likeness (QED) is 0.674. The van der Waals surface area contributed by atoms with E-state index in [1.54, 1.807) is 0 Å². The molecule has 2 atom stereocenters. The van der Waals surface area contributed by atoms with E-state index in [0.717, 1.165) is 64.1 Å². The van der Waals surface area contributed by atoms with E-state index < -0.39 is 0 Å². The minimum atomic E-state index is -0.134. The number of rotatable bonds is 5. The van der Waals surface area contributed by atoms with Crippen molar-refractivity contribution in [1.29, 1.82) is 0 Å². The van der Waals surface area contributed by atoms with Gasteiger partial charge in [-0.1, -0.05) is 25.0 Å². The molecular formula is C24H31N3O4. The lowest BCUT2D eigenvalue weighted by molar-refractivity contribution is -0.141. The van der Waals surface area contributed by atoms with Crippen LogP contribution in [0, 0.1) is 11.8 Å². The van der Waals surface area contributed by atoms with E-state index >= 15 is 0 Å². The summed E-state index contributed by atoms with van der Waals surface area (Å²) in [5.41, 5.74) is 2.58. The number of carbonyl (C=O) groups is 3. The fraction of sp³-hybridized carbons (Fsp3) is 0.625. The maximum absolute atomic E-state index is 12.7. The Balaban J connectivity index is 1.09. The summed E-state index contributed by atoms with van der Waals surface area (Å²) in [6, 6.07) is 6.43. The van der Waals surface area contributed by atoms with Crippen molar-refractivity contribution in [3.8, 4) is 5.75 Å². The number of likely N-dealkylation sites (tertiary alicyclic amines) is 1. The molecule has 0 radical (unpaired) electrons. The van der Waals surface area contributed by atoms with Crippen LogP contribution in [0.2, 0.25) is 0 Å². The number of ether oxygens (including phenoxy) is 1. The average Bonchev–Trinajstić information content (AvgIpc) is 3.35. The molecule has 0 N–H and O–H groups in total. The van der Waals surface area contributed by atoms with E-state index in [2.05, 4.69) is 23.1 Å². The molecule has 0 aromatic heterocycles. The van der Waals surface area contributed by atoms with Crippen LogP contribution in [-0.4, -0.2) is 71.8 Å². The molecule has 3 heterocycles. The van der Waals surface area contributed by atoms with Gasteiger partial charge in [0, 0.05) is 52.1 Å². The van der Waals surface area contributed by atoms with E-state index in [1.807, 2.05) is 4.90 Å². The largest absolute Gasteiger partial charge is 0.493 e. The van der Waals surface area contributed by atoms with Gasteiger partial charge in [0.2, 0.25) is 17.7 Å². The molecule has 0 bridgehead atoms. The second-order valence-corrected chi connectivity index (χ2v) is 9.27. The monoisotopic (exact) mass is 425 g/mol. The van der Waals surface area contributed by atoms with Gasteiger partial charge in [0.15, 0.2) is 0 Å². The van der Waals surface area contributed by atoms with E-state index in [0.29, 0.717) is 13.1 Å². The number of benzene rings is 1. The van der Waals surface area contributed by atoms with Crippen LogP contribution in [0.5, 0.6) is 5.75 Å². The second-order valence-electron chi connectivity index (χ2n) is 9.27. The summed E-state index contributed by atoms with van der Waals surface area (Å²) in [5.74, 6) is 0.689. The molecule has 7 nitrogen and oxygen atoms in total. The highest BCUT2D eigenvalue weighted by Gasteiger charge is 2.47. The van der Waals surface area contributed by atoms with Crippen molar-refractivity contribution in [2.75, 3.05) is 39.3 Å². The Labute approximate surface area is 183 Å². The van der Waals surface area contributed by atoms with Crippen LogP contribution in [0.25, 0.3) is 0 Å². The molecule has 5 rings (SSSR count). The minimum absolute atomic E-state index is 0.0461. The average molecular weight is 426 g/mol. The molecule has 3 aliphatic heterocycles. The molecule has 166 valence electrons. The number of fused-ring (bicyclic) bond motifs is 2. The summed E-state index contributed by atoms with van der Waals surface area (Å²) in [7, 11) is 0. The first-order chi connectivity index (χ1) is 15.1. The highest BCUT2D eigenvalue weighted by Crippen LogP contribution is 2.38. The maximum Gasteiger partial charge on any atom is 0.233 e. The molecule has 0 unspecified atom stereocenters. The Morgan fingerprint density at radius 2 is 1.71 bits per heavy atom. The van der Waals surface area contributed by atoms with Gasteiger partial charge >= 0.3 is 0 Å². The first kappa shape index (κ1) is 20.5. The van der Waals surface area contributed by atoms with Gasteiger partial charge in [0.1, 0.15) is 5.75 Å². The van der Waals surface area contributed by atoms with Crippen LogP contribution < -0.4 is 4.74 Å². The van der Waals surface area contributed by atoms with Crippen molar-refractivity contribution in [1.82, 2.24) is 14.7 Å². The number of imide groups is 1. The molecule has 3 amide bonds. The molecule has 4 aliphatic rings. The Bertz CT molecular complexity index is 854. The third-order valence-corrected chi connectivity index (χ3v) is 7.37. The van der Waals surface area contributed by atoms with Gasteiger partial charge in [0.25, 0.3) is 0 Å². The highest BCUT2D eigenvalue weighted by atomic mass is 16.5. The summed E-state index contributed by atoms with van der Waals surface area (Å²) >= 11 is 0. The summed E-state index contributed by atoms with van der Waals surface area (Å²) in [5, 5.41) is 0. The number of carbonyl (C=O) groups excluding carboxylic acids is 3. The fourth-order valence-corrected chi connectivity index (χ4v) is 5.57. The molecule has 1 aliphatic carbocycles. The van der Waals surface area contributed by atoms with Crippen molar-refractivity contribution in [2.24, 2.45) is 11.8 Å². The Morgan fingerprint density at radius 3 is 2.42 bits per heavy atom. The number of hydrogen-bond donors (Lipinski definition) is 0. The number of hydrogen-bond acceptors (Lipinski definition) is 5. The molecule has 1 saturated carbocycles. The van der Waals surface area contributed by atoms with Crippen LogP contribution in [0.15, 0.2) is 18.2 Å². The summed E-state index contributed by atoms with van der Waals surface area (Å²) in [4.78, 5) is 43.5. The predicted molar refractivity (Wildman–Crippen MR) is 114 cm³/mol. The van der Waals surface area contributed by atoms with Crippen LogP contribution in [0.3, 0.4) is 0 Å². The van der Waals surface area contributed by atoms with Gasteiger partial charge in [-0.05, 0) is 30.0 Å². The standard InChI is InChI=1S/C24H31N3O4/c28-22(7-9-27-23(29)19-3-1-2-4-20(19)24(27)30)26-12-10-25(11-13-26)16-17-5-6-21-18(15-17)8-14-31-21/h5-6,15,19-20H,1-4,7-14,16H2/t19-,20-/m0/s1. The van der Waals surface area contributed by atoms with Crippen molar-refractivity contribution < 1.29 is 19.1 Å². The molecule has 1 aromatic carbocycles. The zero-order valence-corrected chi connectivity index (χ0v) is 18.1. The van der Waals surface area contributed by atoms with Crippen LogP contribution >= 0.6 is 0 Å². The van der Waals surface area contributed by atoms with Gasteiger partial charge in [-0.3, -0.25) is 24.2 Å². The fourth-order valence-electron chi connectivity index (χ4n) is 5.57. The van der Waals surface area contributed by atoms with E-state index in [4.69, 9.17) is 4.74 Å². The first-order valence-electron chi connectivity index (χ1n) is 11.7. The van der Waals surface area contributed by atoms with Crippen LogP contribution in [-0.2, 0) is 27.3 Å². The number of amides is 3. The van der Waals surface area contributed by atoms with Crippen molar-refractivity contribution in [3.05, 3.63) is 29.3 Å². The summed E-state index contributed by atoms with van der Waals surface area (Å²) in [6.45, 7) is 4.96. The van der Waals surface area contributed by atoms with Crippen LogP contribution in [0.4, 0.5) is 0 Å². The SMILES string of the molecule is O=C(CCN1C(=O)[C@H]2CCCC[C@@H]2C1=O)N1CCN(Cc2ccc3c(c2)CCO3)CC1. The van der Waals surface area contributed by atoms with Crippen molar-refractivity contribution in [3.63, 3.8) is 0 Å². The summed E-state index contributed by atoms with van der Waals surface area (Å²) in [6.07, 6.45) is 4.90. The lowest BCUT2D eigenvalue weighted by Crippen LogP contribution is -2.49. The minimum Gasteiger partial charge on any atom is -0.493 e. The normalized spacial score (nSPS) is 26.1. The topological polar surface area (TPSA) is 70.2 Å². The van der Waals surface area contributed by atoms with Gasteiger partial charge < -0.3 is 9.64 Å². The van der Waals surface area contributed by atoms with Gasteiger partial charge in [-0.2, -0.15) is 0 Å². The molecule has 2 saturated heterocycles. The Hall–Kier alpha value is -2.41. The first-order valence-corrected chi connectivity index (χ1v) is 11.7.